The third-order valence-corrected chi connectivity index (χ3v) is 5.30. The highest BCUT2D eigenvalue weighted by Crippen LogP contribution is 2.25. The number of methoxy groups -OCH3 is 2. The fourth-order valence-electron chi connectivity index (χ4n) is 2.64. The Balaban J connectivity index is 0.00000264. The molecule has 1 N–H and O–H groups in total. The van der Waals surface area contributed by atoms with Gasteiger partial charge in [-0.05, 0) is 18.9 Å². The maximum Gasteiger partial charge on any atom is 0.211 e. The minimum atomic E-state index is -3.06. The van der Waals surface area contributed by atoms with Crippen molar-refractivity contribution in [2.24, 2.45) is 0 Å². The Labute approximate surface area is 144 Å². The Morgan fingerprint density at radius 1 is 1.22 bits per heavy atom. The normalized spacial score (nSPS) is 16.7. The van der Waals surface area contributed by atoms with Crippen LogP contribution >= 0.6 is 12.4 Å². The predicted octanol–water partition coefficient (Wildman–Crippen LogP) is 1.64. The first-order valence-corrected chi connectivity index (χ1v) is 9.18. The first-order chi connectivity index (χ1) is 10.4. The molecule has 0 spiro atoms. The second-order valence-corrected chi connectivity index (χ2v) is 7.48. The largest absolute Gasteiger partial charge is 0.497 e. The summed E-state index contributed by atoms with van der Waals surface area (Å²) in [5.41, 5.74) is 1.06. The first kappa shape index (κ1) is 20.0. The number of halogens is 1. The molecule has 0 amide bonds. The fourth-order valence-corrected chi connectivity index (χ4v) is 3.52. The molecule has 1 aliphatic heterocycles. The lowest BCUT2D eigenvalue weighted by Crippen LogP contribution is -2.44. The number of benzene rings is 1. The van der Waals surface area contributed by atoms with Crippen LogP contribution in [0, 0.1) is 0 Å². The number of rotatable bonds is 6. The summed E-state index contributed by atoms with van der Waals surface area (Å²) >= 11 is 0. The van der Waals surface area contributed by atoms with Crippen LogP contribution in [0.4, 0.5) is 0 Å². The third-order valence-electron chi connectivity index (χ3n) is 4.00. The summed E-state index contributed by atoms with van der Waals surface area (Å²) < 4.78 is 35.1. The maximum absolute atomic E-state index is 11.5. The quantitative estimate of drug-likeness (QED) is 0.831. The van der Waals surface area contributed by atoms with Crippen LogP contribution < -0.4 is 14.8 Å². The van der Waals surface area contributed by atoms with Gasteiger partial charge < -0.3 is 14.8 Å². The SMILES string of the molecule is COc1ccc(CNC2CCN(S(C)(=O)=O)CC2)c(OC)c1.Cl. The van der Waals surface area contributed by atoms with Gasteiger partial charge in [-0.1, -0.05) is 6.07 Å². The van der Waals surface area contributed by atoms with E-state index in [4.69, 9.17) is 9.47 Å². The molecule has 1 saturated heterocycles. The van der Waals surface area contributed by atoms with Crippen LogP contribution in [0.25, 0.3) is 0 Å². The van der Waals surface area contributed by atoms with Crippen LogP contribution in [0.2, 0.25) is 0 Å². The molecule has 0 atom stereocenters. The minimum absolute atomic E-state index is 0. The number of ether oxygens (including phenoxy) is 2. The van der Waals surface area contributed by atoms with Crippen molar-refractivity contribution >= 4 is 22.4 Å². The number of hydrogen-bond acceptors (Lipinski definition) is 5. The van der Waals surface area contributed by atoms with E-state index in [9.17, 15) is 8.42 Å². The lowest BCUT2D eigenvalue weighted by Gasteiger charge is -2.30. The third kappa shape index (κ3) is 5.53. The van der Waals surface area contributed by atoms with Crippen LogP contribution in [-0.4, -0.2) is 52.3 Å². The van der Waals surface area contributed by atoms with Crippen LogP contribution in [0.3, 0.4) is 0 Å². The zero-order valence-electron chi connectivity index (χ0n) is 13.7. The Morgan fingerprint density at radius 3 is 2.39 bits per heavy atom. The Kier molecular flexibility index (Phi) is 7.60. The number of nitrogens with zero attached hydrogens (tertiary/aromatic N) is 1. The molecule has 8 heteroatoms. The minimum Gasteiger partial charge on any atom is -0.497 e. The summed E-state index contributed by atoms with van der Waals surface area (Å²) in [5.74, 6) is 1.56. The van der Waals surface area contributed by atoms with Gasteiger partial charge in [0.05, 0.1) is 20.5 Å². The van der Waals surface area contributed by atoms with E-state index in [1.54, 1.807) is 18.5 Å². The van der Waals surface area contributed by atoms with E-state index in [1.165, 1.54) is 6.26 Å². The Morgan fingerprint density at radius 2 is 1.87 bits per heavy atom. The second-order valence-electron chi connectivity index (χ2n) is 5.49. The van der Waals surface area contributed by atoms with Gasteiger partial charge in [-0.2, -0.15) is 0 Å². The van der Waals surface area contributed by atoms with Gasteiger partial charge in [-0.15, -0.1) is 12.4 Å². The lowest BCUT2D eigenvalue weighted by molar-refractivity contribution is 0.289. The molecule has 1 heterocycles. The standard InChI is InChI=1S/C15H24N2O4S.ClH/c1-20-14-5-4-12(15(10-14)21-2)11-16-13-6-8-17(9-7-13)22(3,18)19;/h4-5,10,13,16H,6-9,11H2,1-3H3;1H. The van der Waals surface area contributed by atoms with E-state index in [1.807, 2.05) is 18.2 Å². The smallest absolute Gasteiger partial charge is 0.211 e. The van der Waals surface area contributed by atoms with Crippen molar-refractivity contribution in [2.45, 2.75) is 25.4 Å². The monoisotopic (exact) mass is 364 g/mol. The van der Waals surface area contributed by atoms with Gasteiger partial charge in [-0.3, -0.25) is 0 Å². The fraction of sp³-hybridized carbons (Fsp3) is 0.600. The Bertz CT molecular complexity index is 601. The van der Waals surface area contributed by atoms with Crippen molar-refractivity contribution in [1.82, 2.24) is 9.62 Å². The molecule has 0 saturated carbocycles. The summed E-state index contributed by atoms with van der Waals surface area (Å²) in [7, 11) is 0.206. The number of nitrogens with one attached hydrogen (secondary N) is 1. The molecule has 0 radical (unpaired) electrons. The van der Waals surface area contributed by atoms with Crippen LogP contribution in [-0.2, 0) is 16.6 Å². The molecular weight excluding hydrogens is 340 g/mol. The first-order valence-electron chi connectivity index (χ1n) is 7.33. The maximum atomic E-state index is 11.5. The molecule has 23 heavy (non-hydrogen) atoms. The second kappa shape index (κ2) is 8.73. The Hall–Kier alpha value is -1.02. The summed E-state index contributed by atoms with van der Waals surface area (Å²) in [6.07, 6.45) is 2.92. The van der Waals surface area contributed by atoms with E-state index in [0.717, 1.165) is 29.9 Å². The van der Waals surface area contributed by atoms with Crippen LogP contribution in [0.15, 0.2) is 18.2 Å². The molecule has 0 aromatic heterocycles. The summed E-state index contributed by atoms with van der Waals surface area (Å²) in [6.45, 7) is 1.85. The van der Waals surface area contributed by atoms with E-state index in [2.05, 4.69) is 5.32 Å². The average molecular weight is 365 g/mol. The highest BCUT2D eigenvalue weighted by atomic mass is 35.5. The van der Waals surface area contributed by atoms with Gasteiger partial charge in [0.1, 0.15) is 11.5 Å². The number of sulfonamides is 1. The zero-order valence-corrected chi connectivity index (χ0v) is 15.4. The van der Waals surface area contributed by atoms with E-state index in [-0.39, 0.29) is 12.4 Å². The molecule has 132 valence electrons. The molecule has 0 unspecified atom stereocenters. The molecule has 1 fully saturated rings. The van der Waals surface area contributed by atoms with Gasteiger partial charge in [0.2, 0.25) is 10.0 Å². The van der Waals surface area contributed by atoms with Crippen molar-refractivity contribution in [3.8, 4) is 11.5 Å². The molecule has 2 rings (SSSR count). The predicted molar refractivity (Wildman–Crippen MR) is 93.1 cm³/mol. The lowest BCUT2D eigenvalue weighted by atomic mass is 10.1. The summed E-state index contributed by atoms with van der Waals surface area (Å²) in [4.78, 5) is 0. The zero-order chi connectivity index (χ0) is 16.2. The topological polar surface area (TPSA) is 67.9 Å². The molecule has 6 nitrogen and oxygen atoms in total. The van der Waals surface area contributed by atoms with Gasteiger partial charge in [0.25, 0.3) is 0 Å². The molecule has 1 aromatic carbocycles. The summed E-state index contributed by atoms with van der Waals surface area (Å²) in [6, 6.07) is 6.08. The highest BCUT2D eigenvalue weighted by Gasteiger charge is 2.24. The number of piperidine rings is 1. The molecule has 0 aliphatic carbocycles. The molecule has 1 aromatic rings. The molecule has 0 bridgehead atoms. The van der Waals surface area contributed by atoms with Crippen molar-refractivity contribution in [3.63, 3.8) is 0 Å². The molecular formula is C15H25ClN2O4S. The van der Waals surface area contributed by atoms with Crippen molar-refractivity contribution < 1.29 is 17.9 Å². The van der Waals surface area contributed by atoms with Crippen molar-refractivity contribution in [3.05, 3.63) is 23.8 Å². The van der Waals surface area contributed by atoms with E-state index < -0.39 is 10.0 Å². The van der Waals surface area contributed by atoms with Gasteiger partial charge >= 0.3 is 0 Å². The average Bonchev–Trinajstić information content (AvgIpc) is 2.52. The van der Waals surface area contributed by atoms with Crippen molar-refractivity contribution in [1.29, 1.82) is 0 Å². The van der Waals surface area contributed by atoms with Crippen LogP contribution in [0.5, 0.6) is 11.5 Å². The van der Waals surface area contributed by atoms with Gasteiger partial charge in [-0.25, -0.2) is 12.7 Å². The van der Waals surface area contributed by atoms with E-state index >= 15 is 0 Å². The van der Waals surface area contributed by atoms with Crippen molar-refractivity contribution in [2.75, 3.05) is 33.6 Å². The highest BCUT2D eigenvalue weighted by molar-refractivity contribution is 7.88. The molecule has 1 aliphatic rings. The van der Waals surface area contributed by atoms with Gasteiger partial charge in [0.15, 0.2) is 0 Å². The number of hydrogen-bond donors (Lipinski definition) is 1. The van der Waals surface area contributed by atoms with E-state index in [0.29, 0.717) is 25.7 Å². The van der Waals surface area contributed by atoms with Crippen LogP contribution in [0.1, 0.15) is 18.4 Å². The summed E-state index contributed by atoms with van der Waals surface area (Å²) in [5, 5.41) is 3.48. The van der Waals surface area contributed by atoms with Gasteiger partial charge in [0, 0.05) is 37.3 Å².